The van der Waals surface area contributed by atoms with Crippen LogP contribution >= 0.6 is 12.2 Å². The van der Waals surface area contributed by atoms with E-state index in [-0.39, 0.29) is 12.1 Å². The van der Waals surface area contributed by atoms with Gasteiger partial charge in [-0.3, -0.25) is 0 Å². The molecule has 0 aliphatic heterocycles. The molecule has 0 aliphatic rings. The van der Waals surface area contributed by atoms with Crippen molar-refractivity contribution >= 4 is 28.9 Å². The van der Waals surface area contributed by atoms with E-state index in [2.05, 4.69) is 10.6 Å². The molecule has 0 heterocycles. The number of methoxy groups -OCH3 is 1. The van der Waals surface area contributed by atoms with Crippen LogP contribution in [0, 0.1) is 0 Å². The van der Waals surface area contributed by atoms with E-state index in [4.69, 9.17) is 22.7 Å². The Labute approximate surface area is 118 Å². The number of nitrogens with two attached hydrogens (primary N) is 1. The number of thiocarbonyl (C=S) groups is 1. The summed E-state index contributed by atoms with van der Waals surface area (Å²) >= 11 is 4.84. The van der Waals surface area contributed by atoms with Crippen molar-refractivity contribution in [2.45, 2.75) is 25.8 Å². The average molecular weight is 281 g/mol. The van der Waals surface area contributed by atoms with Gasteiger partial charge in [-0.15, -0.1) is 0 Å². The SMILES string of the molecule is CCC(CC(N)=S)NC(=O)Nc1cccc(OC)c1. The van der Waals surface area contributed by atoms with Crippen molar-refractivity contribution in [3.63, 3.8) is 0 Å². The summed E-state index contributed by atoms with van der Waals surface area (Å²) in [4.78, 5) is 12.2. The van der Waals surface area contributed by atoms with Gasteiger partial charge >= 0.3 is 6.03 Å². The molecule has 0 spiro atoms. The Morgan fingerprint density at radius 1 is 1.53 bits per heavy atom. The van der Waals surface area contributed by atoms with Crippen LogP contribution in [0.4, 0.5) is 10.5 Å². The number of amides is 2. The highest BCUT2D eigenvalue weighted by Gasteiger charge is 2.11. The predicted octanol–water partition coefficient (Wildman–Crippen LogP) is 2.27. The molecular weight excluding hydrogens is 262 g/mol. The highest BCUT2D eigenvalue weighted by molar-refractivity contribution is 7.80. The zero-order valence-corrected chi connectivity index (χ0v) is 11.9. The van der Waals surface area contributed by atoms with E-state index < -0.39 is 0 Å². The molecule has 1 aromatic rings. The quantitative estimate of drug-likeness (QED) is 0.699. The Hall–Kier alpha value is -1.82. The molecule has 0 radical (unpaired) electrons. The lowest BCUT2D eigenvalue weighted by molar-refractivity contribution is 0.248. The van der Waals surface area contributed by atoms with Gasteiger partial charge in [0.25, 0.3) is 0 Å². The third kappa shape index (κ3) is 5.56. The van der Waals surface area contributed by atoms with Crippen LogP contribution in [-0.4, -0.2) is 24.2 Å². The van der Waals surface area contributed by atoms with Gasteiger partial charge in [0.15, 0.2) is 0 Å². The summed E-state index contributed by atoms with van der Waals surface area (Å²) in [6.07, 6.45) is 1.26. The molecule has 104 valence electrons. The molecule has 1 rings (SSSR count). The maximum absolute atomic E-state index is 11.8. The van der Waals surface area contributed by atoms with Crippen LogP contribution in [0.5, 0.6) is 5.75 Å². The van der Waals surface area contributed by atoms with E-state index in [1.807, 2.05) is 13.0 Å². The number of hydrogen-bond acceptors (Lipinski definition) is 3. The normalized spacial score (nSPS) is 11.5. The molecule has 19 heavy (non-hydrogen) atoms. The summed E-state index contributed by atoms with van der Waals surface area (Å²) in [5, 5.41) is 5.57. The van der Waals surface area contributed by atoms with Gasteiger partial charge in [0, 0.05) is 24.2 Å². The molecule has 1 aromatic carbocycles. The average Bonchev–Trinajstić information content (AvgIpc) is 2.37. The molecule has 2 amide bonds. The Balaban J connectivity index is 2.56. The lowest BCUT2D eigenvalue weighted by atomic mass is 10.1. The van der Waals surface area contributed by atoms with Crippen molar-refractivity contribution in [1.82, 2.24) is 5.32 Å². The highest BCUT2D eigenvalue weighted by atomic mass is 32.1. The number of ether oxygens (including phenoxy) is 1. The van der Waals surface area contributed by atoms with Gasteiger partial charge in [-0.2, -0.15) is 0 Å². The van der Waals surface area contributed by atoms with Crippen molar-refractivity contribution in [3.05, 3.63) is 24.3 Å². The Morgan fingerprint density at radius 2 is 2.26 bits per heavy atom. The lowest BCUT2D eigenvalue weighted by Crippen LogP contribution is -2.39. The molecule has 1 unspecified atom stereocenters. The number of benzene rings is 1. The molecule has 0 aliphatic carbocycles. The molecule has 1 atom stereocenters. The van der Waals surface area contributed by atoms with Gasteiger partial charge in [0.1, 0.15) is 5.75 Å². The smallest absolute Gasteiger partial charge is 0.319 e. The fraction of sp³-hybridized carbons (Fsp3) is 0.385. The summed E-state index contributed by atoms with van der Waals surface area (Å²) in [6, 6.07) is 6.82. The summed E-state index contributed by atoms with van der Waals surface area (Å²) in [7, 11) is 1.58. The summed E-state index contributed by atoms with van der Waals surface area (Å²) in [6.45, 7) is 1.97. The van der Waals surface area contributed by atoms with Gasteiger partial charge in [0.2, 0.25) is 0 Å². The Bertz CT molecular complexity index is 451. The van der Waals surface area contributed by atoms with Crippen molar-refractivity contribution in [2.75, 3.05) is 12.4 Å². The number of carbonyl (C=O) groups excluding carboxylic acids is 1. The van der Waals surface area contributed by atoms with E-state index in [0.29, 0.717) is 22.8 Å². The number of hydrogen-bond donors (Lipinski definition) is 3. The number of anilines is 1. The second kappa shape index (κ2) is 7.58. The Morgan fingerprint density at radius 3 is 2.84 bits per heavy atom. The second-order valence-electron chi connectivity index (χ2n) is 4.11. The maximum Gasteiger partial charge on any atom is 0.319 e. The van der Waals surface area contributed by atoms with E-state index in [1.54, 1.807) is 25.3 Å². The van der Waals surface area contributed by atoms with E-state index in [0.717, 1.165) is 6.42 Å². The summed E-state index contributed by atoms with van der Waals surface area (Å²) in [5.41, 5.74) is 6.15. The van der Waals surface area contributed by atoms with Gasteiger partial charge in [0.05, 0.1) is 12.1 Å². The van der Waals surface area contributed by atoms with Gasteiger partial charge in [-0.05, 0) is 18.6 Å². The standard InChI is InChI=1S/C13H19N3O2S/c1-3-9(8-12(14)19)15-13(17)16-10-5-4-6-11(7-10)18-2/h4-7,9H,3,8H2,1-2H3,(H2,14,19)(H2,15,16,17). The molecule has 0 bridgehead atoms. The largest absolute Gasteiger partial charge is 0.497 e. The van der Waals surface area contributed by atoms with E-state index in [9.17, 15) is 4.79 Å². The zero-order valence-electron chi connectivity index (χ0n) is 11.1. The minimum absolute atomic E-state index is 0.0527. The molecule has 5 nitrogen and oxygen atoms in total. The van der Waals surface area contributed by atoms with Crippen molar-refractivity contribution in [2.24, 2.45) is 5.73 Å². The zero-order chi connectivity index (χ0) is 14.3. The first-order valence-corrected chi connectivity index (χ1v) is 6.45. The Kier molecular flexibility index (Phi) is 6.08. The topological polar surface area (TPSA) is 76.4 Å². The first-order chi connectivity index (χ1) is 9.05. The monoisotopic (exact) mass is 281 g/mol. The maximum atomic E-state index is 11.8. The van der Waals surface area contributed by atoms with Crippen LogP contribution < -0.4 is 21.1 Å². The van der Waals surface area contributed by atoms with Crippen molar-refractivity contribution in [3.8, 4) is 5.75 Å². The van der Waals surface area contributed by atoms with Crippen molar-refractivity contribution in [1.29, 1.82) is 0 Å². The summed E-state index contributed by atoms with van der Waals surface area (Å²) in [5.74, 6) is 0.688. The molecule has 0 saturated heterocycles. The van der Waals surface area contributed by atoms with Crippen LogP contribution in [0.1, 0.15) is 19.8 Å². The van der Waals surface area contributed by atoms with Gasteiger partial charge in [-0.1, -0.05) is 25.2 Å². The third-order valence-corrected chi connectivity index (χ3v) is 2.77. The van der Waals surface area contributed by atoms with Crippen LogP contribution in [0.15, 0.2) is 24.3 Å². The molecular formula is C13H19N3O2S. The van der Waals surface area contributed by atoms with E-state index in [1.165, 1.54) is 0 Å². The van der Waals surface area contributed by atoms with Crippen LogP contribution in [0.3, 0.4) is 0 Å². The third-order valence-electron chi connectivity index (χ3n) is 2.60. The fourth-order valence-electron chi connectivity index (χ4n) is 1.59. The molecule has 0 saturated carbocycles. The number of nitrogens with one attached hydrogen (secondary N) is 2. The van der Waals surface area contributed by atoms with Crippen molar-refractivity contribution < 1.29 is 9.53 Å². The molecule has 4 N–H and O–H groups in total. The highest BCUT2D eigenvalue weighted by Crippen LogP contribution is 2.16. The van der Waals surface area contributed by atoms with Crippen LogP contribution in [0.2, 0.25) is 0 Å². The number of carbonyl (C=O) groups is 1. The lowest BCUT2D eigenvalue weighted by Gasteiger charge is -2.16. The molecule has 6 heteroatoms. The number of urea groups is 1. The van der Waals surface area contributed by atoms with E-state index >= 15 is 0 Å². The fourth-order valence-corrected chi connectivity index (χ4v) is 1.79. The second-order valence-corrected chi connectivity index (χ2v) is 4.63. The molecule has 0 aromatic heterocycles. The van der Waals surface area contributed by atoms with Crippen LogP contribution in [0.25, 0.3) is 0 Å². The number of rotatable bonds is 6. The minimum Gasteiger partial charge on any atom is -0.497 e. The summed E-state index contributed by atoms with van der Waals surface area (Å²) < 4.78 is 5.09. The minimum atomic E-state index is -0.281. The first kappa shape index (κ1) is 15.2. The molecule has 0 fully saturated rings. The first-order valence-electron chi connectivity index (χ1n) is 6.05. The van der Waals surface area contributed by atoms with Crippen LogP contribution in [-0.2, 0) is 0 Å². The van der Waals surface area contributed by atoms with Gasteiger partial charge in [-0.25, -0.2) is 4.79 Å². The van der Waals surface area contributed by atoms with Gasteiger partial charge < -0.3 is 21.1 Å². The predicted molar refractivity (Wildman–Crippen MR) is 80.6 cm³/mol.